The molecule has 2 aliphatic heterocycles. The van der Waals surface area contributed by atoms with E-state index < -0.39 is 0 Å². The fourth-order valence-corrected chi connectivity index (χ4v) is 2.87. The Labute approximate surface area is 107 Å². The van der Waals surface area contributed by atoms with E-state index in [-0.39, 0.29) is 5.91 Å². The summed E-state index contributed by atoms with van der Waals surface area (Å²) in [6, 6.07) is 8.30. The Bertz CT molecular complexity index is 499. The summed E-state index contributed by atoms with van der Waals surface area (Å²) in [7, 11) is 0. The molecule has 1 radical (unpaired) electrons. The molecule has 0 bridgehead atoms. The molecule has 3 heteroatoms. The third-order valence-electron chi connectivity index (χ3n) is 3.94. The molecule has 1 aromatic rings. The highest BCUT2D eigenvalue weighted by atomic mass is 16.2. The molecular weight excluding hydrogens is 224 g/mol. The predicted octanol–water partition coefficient (Wildman–Crippen LogP) is 2.54. The first-order chi connectivity index (χ1) is 8.75. The fraction of sp³-hybridized carbons (Fsp3) is 0.400. The molecule has 2 aliphatic rings. The second-order valence-corrected chi connectivity index (χ2v) is 5.01. The first-order valence-corrected chi connectivity index (χ1v) is 6.51. The Hall–Kier alpha value is -1.77. The third kappa shape index (κ3) is 1.90. The second kappa shape index (κ2) is 4.48. The first kappa shape index (κ1) is 11.3. The van der Waals surface area contributed by atoms with Gasteiger partial charge in [0.1, 0.15) is 0 Å². The number of hydrogen-bond donors (Lipinski definition) is 0. The lowest BCUT2D eigenvalue weighted by Crippen LogP contribution is -2.37. The van der Waals surface area contributed by atoms with Gasteiger partial charge in [-0.25, -0.2) is 0 Å². The van der Waals surface area contributed by atoms with Crippen molar-refractivity contribution in [3.05, 3.63) is 36.0 Å². The minimum Gasteiger partial charge on any atom is -0.343 e. The van der Waals surface area contributed by atoms with Crippen LogP contribution in [0.15, 0.2) is 30.5 Å². The Morgan fingerprint density at radius 1 is 1.28 bits per heavy atom. The van der Waals surface area contributed by atoms with Gasteiger partial charge in [-0.3, -0.25) is 10.1 Å². The second-order valence-electron chi connectivity index (χ2n) is 5.01. The number of hydrogen-bond acceptors (Lipinski definition) is 1. The normalized spacial score (nSPS) is 19.2. The molecule has 1 saturated heterocycles. The van der Waals surface area contributed by atoms with Gasteiger partial charge in [0.2, 0.25) is 5.91 Å². The van der Waals surface area contributed by atoms with E-state index in [0.29, 0.717) is 5.92 Å². The van der Waals surface area contributed by atoms with Crippen LogP contribution in [0.5, 0.6) is 0 Å². The standard InChI is InChI=1S/C15H17N2O/c1-11(18)17-8-6-12(7-9-17)14-10-16-15-5-3-2-4-13(14)15/h2-5,10,12H,6-9H2,1H3. The van der Waals surface area contributed by atoms with E-state index in [1.807, 2.05) is 17.2 Å². The largest absolute Gasteiger partial charge is 0.343 e. The number of amides is 1. The molecule has 2 heterocycles. The maximum atomic E-state index is 11.3. The highest BCUT2D eigenvalue weighted by Crippen LogP contribution is 2.38. The van der Waals surface area contributed by atoms with Crippen LogP contribution in [0.1, 0.15) is 25.3 Å². The number of fused-ring (bicyclic) bond motifs is 1. The van der Waals surface area contributed by atoms with E-state index >= 15 is 0 Å². The number of nitrogens with zero attached hydrogens (tertiary/aromatic N) is 2. The van der Waals surface area contributed by atoms with E-state index in [2.05, 4.69) is 23.5 Å². The van der Waals surface area contributed by atoms with Gasteiger partial charge >= 0.3 is 0 Å². The van der Waals surface area contributed by atoms with Crippen molar-refractivity contribution in [3.63, 3.8) is 0 Å². The summed E-state index contributed by atoms with van der Waals surface area (Å²) in [5.41, 5.74) is 3.72. The van der Waals surface area contributed by atoms with Gasteiger partial charge in [0.05, 0.1) is 5.69 Å². The fourth-order valence-electron chi connectivity index (χ4n) is 2.87. The maximum Gasteiger partial charge on any atom is 0.219 e. The topological polar surface area (TPSA) is 34.4 Å². The van der Waals surface area contributed by atoms with E-state index in [0.717, 1.165) is 31.6 Å². The number of piperidine rings is 1. The van der Waals surface area contributed by atoms with Crippen LogP contribution in [0.4, 0.5) is 5.69 Å². The molecule has 0 unspecified atom stereocenters. The molecule has 0 N–H and O–H groups in total. The van der Waals surface area contributed by atoms with E-state index in [1.165, 1.54) is 11.1 Å². The summed E-state index contributed by atoms with van der Waals surface area (Å²) in [6.45, 7) is 3.40. The van der Waals surface area contributed by atoms with Crippen molar-refractivity contribution >= 4 is 17.2 Å². The quantitative estimate of drug-likeness (QED) is 0.744. The third-order valence-corrected chi connectivity index (χ3v) is 3.94. The van der Waals surface area contributed by atoms with Crippen LogP contribution in [0.2, 0.25) is 0 Å². The van der Waals surface area contributed by atoms with E-state index in [4.69, 9.17) is 0 Å². The number of para-hydroxylation sites is 1. The van der Waals surface area contributed by atoms with Gasteiger partial charge in [0.25, 0.3) is 0 Å². The summed E-state index contributed by atoms with van der Waals surface area (Å²) < 4.78 is 0. The van der Waals surface area contributed by atoms with Gasteiger partial charge in [-0.15, -0.1) is 0 Å². The van der Waals surface area contributed by atoms with E-state index in [9.17, 15) is 4.79 Å². The highest BCUT2D eigenvalue weighted by molar-refractivity contribution is 5.80. The van der Waals surface area contributed by atoms with E-state index in [1.54, 1.807) is 6.92 Å². The number of benzene rings is 1. The average molecular weight is 241 g/mol. The SMILES string of the molecule is CC(=O)N1CCC(C2=C[N]c3ccccc32)CC1. The Morgan fingerprint density at radius 3 is 2.72 bits per heavy atom. The van der Waals surface area contributed by atoms with Crippen molar-refractivity contribution in [2.75, 3.05) is 13.1 Å². The van der Waals surface area contributed by atoms with Gasteiger partial charge in [-0.2, -0.15) is 0 Å². The van der Waals surface area contributed by atoms with Crippen molar-refractivity contribution in [1.29, 1.82) is 0 Å². The maximum absolute atomic E-state index is 11.3. The van der Waals surface area contributed by atoms with Gasteiger partial charge in [-0.05, 0) is 30.4 Å². The number of carbonyl (C=O) groups excluding carboxylic acids is 1. The first-order valence-electron chi connectivity index (χ1n) is 6.51. The molecule has 3 rings (SSSR count). The number of likely N-dealkylation sites (tertiary alicyclic amines) is 1. The molecule has 0 spiro atoms. The lowest BCUT2D eigenvalue weighted by Gasteiger charge is -2.32. The molecule has 0 saturated carbocycles. The molecule has 18 heavy (non-hydrogen) atoms. The number of carbonyl (C=O) groups is 1. The molecule has 1 aromatic carbocycles. The van der Waals surface area contributed by atoms with Crippen LogP contribution < -0.4 is 5.32 Å². The summed E-state index contributed by atoms with van der Waals surface area (Å²) in [5.74, 6) is 0.743. The number of rotatable bonds is 1. The van der Waals surface area contributed by atoms with Gasteiger partial charge in [0, 0.05) is 31.8 Å². The van der Waals surface area contributed by atoms with Crippen molar-refractivity contribution in [2.45, 2.75) is 19.8 Å². The van der Waals surface area contributed by atoms with Crippen LogP contribution in [0.3, 0.4) is 0 Å². The molecule has 1 fully saturated rings. The Balaban J connectivity index is 1.73. The van der Waals surface area contributed by atoms with Gasteiger partial charge in [-0.1, -0.05) is 18.2 Å². The molecule has 0 aliphatic carbocycles. The van der Waals surface area contributed by atoms with Crippen LogP contribution in [-0.2, 0) is 4.79 Å². The van der Waals surface area contributed by atoms with Crippen LogP contribution in [0, 0.1) is 5.92 Å². The zero-order valence-electron chi connectivity index (χ0n) is 10.6. The zero-order valence-corrected chi connectivity index (χ0v) is 10.6. The summed E-state index contributed by atoms with van der Waals surface area (Å²) >= 11 is 0. The zero-order chi connectivity index (χ0) is 12.5. The molecule has 3 nitrogen and oxygen atoms in total. The number of allylic oxidation sites excluding steroid dienone is 1. The Kier molecular flexibility index (Phi) is 2.82. The minimum atomic E-state index is 0.193. The lowest BCUT2D eigenvalue weighted by molar-refractivity contribution is -0.129. The van der Waals surface area contributed by atoms with Crippen LogP contribution in [0.25, 0.3) is 5.57 Å². The molecule has 0 aromatic heterocycles. The molecular formula is C15H17N2O. The van der Waals surface area contributed by atoms with Gasteiger partial charge in [0.15, 0.2) is 0 Å². The van der Waals surface area contributed by atoms with Crippen molar-refractivity contribution in [2.24, 2.45) is 5.92 Å². The van der Waals surface area contributed by atoms with Gasteiger partial charge < -0.3 is 4.90 Å². The average Bonchev–Trinajstić information content (AvgIpc) is 2.82. The summed E-state index contributed by atoms with van der Waals surface area (Å²) in [4.78, 5) is 13.3. The van der Waals surface area contributed by atoms with Crippen LogP contribution in [-0.4, -0.2) is 23.9 Å². The van der Waals surface area contributed by atoms with Crippen molar-refractivity contribution in [3.8, 4) is 0 Å². The molecule has 93 valence electrons. The summed E-state index contributed by atoms with van der Waals surface area (Å²) in [5, 5.41) is 4.47. The smallest absolute Gasteiger partial charge is 0.219 e. The molecule has 1 amide bonds. The highest BCUT2D eigenvalue weighted by Gasteiger charge is 2.27. The predicted molar refractivity (Wildman–Crippen MR) is 71.2 cm³/mol. The van der Waals surface area contributed by atoms with Crippen molar-refractivity contribution < 1.29 is 4.79 Å². The Morgan fingerprint density at radius 2 is 2.00 bits per heavy atom. The minimum absolute atomic E-state index is 0.193. The molecule has 0 atom stereocenters. The van der Waals surface area contributed by atoms with Crippen LogP contribution >= 0.6 is 0 Å². The summed E-state index contributed by atoms with van der Waals surface area (Å²) in [6.07, 6.45) is 4.11. The monoisotopic (exact) mass is 241 g/mol. The lowest BCUT2D eigenvalue weighted by atomic mass is 9.86. The van der Waals surface area contributed by atoms with Crippen molar-refractivity contribution in [1.82, 2.24) is 10.2 Å².